The molecule has 0 aromatic heterocycles. The Morgan fingerprint density at radius 2 is 1.94 bits per heavy atom. The van der Waals surface area contributed by atoms with Crippen molar-refractivity contribution in [2.75, 3.05) is 7.11 Å². The summed E-state index contributed by atoms with van der Waals surface area (Å²) >= 11 is 0. The number of aromatic hydroxyl groups is 1. The van der Waals surface area contributed by atoms with Gasteiger partial charge in [-0.3, -0.25) is 0 Å². The topological polar surface area (TPSA) is 46.5 Å². The van der Waals surface area contributed by atoms with Gasteiger partial charge in [0, 0.05) is 5.39 Å². The SMILES string of the molecule is COC(=O)c1ccc2ccc(C)cc2c1O. The van der Waals surface area contributed by atoms with E-state index in [0.717, 1.165) is 10.9 Å². The highest BCUT2D eigenvalue weighted by Gasteiger charge is 2.13. The average Bonchev–Trinajstić information content (AvgIpc) is 2.29. The molecule has 0 bridgehead atoms. The summed E-state index contributed by atoms with van der Waals surface area (Å²) in [7, 11) is 1.29. The van der Waals surface area contributed by atoms with Gasteiger partial charge in [-0.15, -0.1) is 0 Å². The highest BCUT2D eigenvalue weighted by atomic mass is 16.5. The van der Waals surface area contributed by atoms with Gasteiger partial charge in [-0.05, 0) is 24.4 Å². The van der Waals surface area contributed by atoms with Crippen LogP contribution in [0.5, 0.6) is 5.75 Å². The molecule has 0 heterocycles. The van der Waals surface area contributed by atoms with Crippen LogP contribution >= 0.6 is 0 Å². The van der Waals surface area contributed by atoms with Gasteiger partial charge in [-0.1, -0.05) is 23.8 Å². The van der Waals surface area contributed by atoms with Gasteiger partial charge in [0.05, 0.1) is 7.11 Å². The maximum absolute atomic E-state index is 11.4. The van der Waals surface area contributed by atoms with E-state index in [1.807, 2.05) is 25.1 Å². The molecule has 2 rings (SSSR count). The number of carbonyl (C=O) groups is 1. The van der Waals surface area contributed by atoms with Crippen LogP contribution in [0.2, 0.25) is 0 Å². The van der Waals surface area contributed by atoms with E-state index in [4.69, 9.17) is 0 Å². The lowest BCUT2D eigenvalue weighted by molar-refractivity contribution is 0.0598. The van der Waals surface area contributed by atoms with E-state index in [0.29, 0.717) is 5.39 Å². The van der Waals surface area contributed by atoms with Crippen LogP contribution < -0.4 is 0 Å². The van der Waals surface area contributed by atoms with E-state index in [9.17, 15) is 9.90 Å². The van der Waals surface area contributed by atoms with E-state index >= 15 is 0 Å². The number of phenols is 1. The molecule has 3 nitrogen and oxygen atoms in total. The highest BCUT2D eigenvalue weighted by molar-refractivity contribution is 6.01. The molecule has 1 N–H and O–H groups in total. The van der Waals surface area contributed by atoms with Crippen LogP contribution in [-0.2, 0) is 4.74 Å². The van der Waals surface area contributed by atoms with Gasteiger partial charge in [-0.25, -0.2) is 4.79 Å². The molecular weight excluding hydrogens is 204 g/mol. The summed E-state index contributed by atoms with van der Waals surface area (Å²) in [5, 5.41) is 11.5. The second-order valence-electron chi connectivity index (χ2n) is 3.68. The Kier molecular flexibility index (Phi) is 2.52. The quantitative estimate of drug-likeness (QED) is 0.745. The number of carbonyl (C=O) groups excluding carboxylic acids is 1. The Hall–Kier alpha value is -2.03. The zero-order valence-electron chi connectivity index (χ0n) is 9.15. The molecule has 0 radical (unpaired) electrons. The second-order valence-corrected chi connectivity index (χ2v) is 3.68. The normalized spacial score (nSPS) is 10.4. The fraction of sp³-hybridized carbons (Fsp3) is 0.154. The Labute approximate surface area is 93.3 Å². The first kappa shape index (κ1) is 10.5. The highest BCUT2D eigenvalue weighted by Crippen LogP contribution is 2.29. The number of methoxy groups -OCH3 is 1. The molecule has 0 unspecified atom stereocenters. The van der Waals surface area contributed by atoms with Gasteiger partial charge in [0.15, 0.2) is 0 Å². The second kappa shape index (κ2) is 3.85. The van der Waals surface area contributed by atoms with Crippen LogP contribution in [0.1, 0.15) is 15.9 Å². The first-order valence-corrected chi connectivity index (χ1v) is 4.94. The molecule has 0 spiro atoms. The predicted molar refractivity (Wildman–Crippen MR) is 61.7 cm³/mol. The first-order valence-electron chi connectivity index (χ1n) is 4.94. The lowest BCUT2D eigenvalue weighted by Gasteiger charge is -2.06. The van der Waals surface area contributed by atoms with Crippen LogP contribution in [-0.4, -0.2) is 18.2 Å². The first-order chi connectivity index (χ1) is 7.63. The molecule has 16 heavy (non-hydrogen) atoms. The summed E-state index contributed by atoms with van der Waals surface area (Å²) in [6.45, 7) is 1.93. The minimum atomic E-state index is -0.527. The molecule has 0 saturated heterocycles. The molecule has 3 heteroatoms. The van der Waals surface area contributed by atoms with Crippen LogP contribution in [0.25, 0.3) is 10.8 Å². The number of fused-ring (bicyclic) bond motifs is 1. The smallest absolute Gasteiger partial charge is 0.341 e. The standard InChI is InChI=1S/C13H12O3/c1-8-3-4-9-5-6-10(13(15)16-2)12(14)11(9)7-8/h3-7,14H,1-2H3. The molecule has 0 atom stereocenters. The summed E-state index contributed by atoms with van der Waals surface area (Å²) in [6, 6.07) is 9.07. The Bertz CT molecular complexity index is 558. The van der Waals surface area contributed by atoms with Crippen LogP contribution in [0.15, 0.2) is 30.3 Å². The maximum Gasteiger partial charge on any atom is 0.341 e. The summed E-state index contributed by atoms with van der Waals surface area (Å²) in [6.07, 6.45) is 0. The number of hydrogen-bond acceptors (Lipinski definition) is 3. The van der Waals surface area contributed by atoms with Crippen molar-refractivity contribution in [1.29, 1.82) is 0 Å². The van der Waals surface area contributed by atoms with Gasteiger partial charge in [0.1, 0.15) is 11.3 Å². The van der Waals surface area contributed by atoms with Crippen molar-refractivity contribution in [3.63, 3.8) is 0 Å². The zero-order chi connectivity index (χ0) is 11.7. The average molecular weight is 216 g/mol. The van der Waals surface area contributed by atoms with E-state index in [-0.39, 0.29) is 11.3 Å². The molecule has 82 valence electrons. The van der Waals surface area contributed by atoms with Gasteiger partial charge < -0.3 is 9.84 Å². The fourth-order valence-electron chi connectivity index (χ4n) is 1.69. The van der Waals surface area contributed by atoms with Crippen LogP contribution in [0.4, 0.5) is 0 Å². The molecule has 0 saturated carbocycles. The Balaban J connectivity index is 2.72. The van der Waals surface area contributed by atoms with Crippen LogP contribution in [0.3, 0.4) is 0 Å². The molecule has 0 amide bonds. The summed E-state index contributed by atoms with van der Waals surface area (Å²) in [5.74, 6) is -0.547. The summed E-state index contributed by atoms with van der Waals surface area (Å²) < 4.78 is 4.60. The maximum atomic E-state index is 11.4. The summed E-state index contributed by atoms with van der Waals surface area (Å²) in [4.78, 5) is 11.4. The monoisotopic (exact) mass is 216 g/mol. The molecule has 2 aromatic carbocycles. The van der Waals surface area contributed by atoms with Crippen molar-refractivity contribution in [2.45, 2.75) is 6.92 Å². The minimum absolute atomic E-state index is 0.0203. The van der Waals surface area contributed by atoms with Crippen molar-refractivity contribution in [3.8, 4) is 5.75 Å². The number of aryl methyl sites for hydroxylation is 1. The molecular formula is C13H12O3. The van der Waals surface area contributed by atoms with Gasteiger partial charge in [0.25, 0.3) is 0 Å². The molecule has 0 aliphatic heterocycles. The number of benzene rings is 2. The third kappa shape index (κ3) is 1.60. The summed E-state index contributed by atoms with van der Waals surface area (Å²) in [5.41, 5.74) is 1.23. The molecule has 0 aliphatic rings. The molecule has 2 aromatic rings. The van der Waals surface area contributed by atoms with Crippen molar-refractivity contribution < 1.29 is 14.6 Å². The number of rotatable bonds is 1. The van der Waals surface area contributed by atoms with Crippen molar-refractivity contribution in [3.05, 3.63) is 41.5 Å². The van der Waals surface area contributed by atoms with E-state index in [2.05, 4.69) is 4.74 Å². The van der Waals surface area contributed by atoms with Crippen molar-refractivity contribution in [2.24, 2.45) is 0 Å². The zero-order valence-corrected chi connectivity index (χ0v) is 9.15. The number of esters is 1. The van der Waals surface area contributed by atoms with E-state index in [1.54, 1.807) is 12.1 Å². The van der Waals surface area contributed by atoms with Gasteiger partial charge in [0.2, 0.25) is 0 Å². The van der Waals surface area contributed by atoms with Crippen LogP contribution in [0, 0.1) is 6.92 Å². The van der Waals surface area contributed by atoms with Gasteiger partial charge in [-0.2, -0.15) is 0 Å². The Morgan fingerprint density at radius 3 is 2.62 bits per heavy atom. The third-order valence-electron chi connectivity index (χ3n) is 2.55. The van der Waals surface area contributed by atoms with E-state index in [1.165, 1.54) is 7.11 Å². The fourth-order valence-corrected chi connectivity index (χ4v) is 1.69. The van der Waals surface area contributed by atoms with Gasteiger partial charge >= 0.3 is 5.97 Å². The minimum Gasteiger partial charge on any atom is -0.506 e. The van der Waals surface area contributed by atoms with E-state index < -0.39 is 5.97 Å². The molecule has 0 fully saturated rings. The predicted octanol–water partition coefficient (Wildman–Crippen LogP) is 2.64. The third-order valence-corrected chi connectivity index (χ3v) is 2.55. The number of phenolic OH excluding ortho intramolecular Hbond substituents is 1. The molecule has 0 aliphatic carbocycles. The van der Waals surface area contributed by atoms with Crippen molar-refractivity contribution >= 4 is 16.7 Å². The lowest BCUT2D eigenvalue weighted by atomic mass is 10.0. The lowest BCUT2D eigenvalue weighted by Crippen LogP contribution is -2.01. The van der Waals surface area contributed by atoms with Crippen molar-refractivity contribution in [1.82, 2.24) is 0 Å². The largest absolute Gasteiger partial charge is 0.506 e. The number of ether oxygens (including phenoxy) is 1. The Morgan fingerprint density at radius 1 is 1.25 bits per heavy atom. The number of hydrogen-bond donors (Lipinski definition) is 1.